The smallest absolute Gasteiger partial charge is 0.416 e. The topological polar surface area (TPSA) is 87.2 Å². The number of H-pyrrole nitrogens is 1. The fourth-order valence-electron chi connectivity index (χ4n) is 3.74. The van der Waals surface area contributed by atoms with Crippen molar-refractivity contribution in [3.63, 3.8) is 0 Å². The SMILES string of the molecule is CN(C)CCOc1ccc(-c2cc(C(F)(F)F)ccc2Cl)cc1C=C1SC(=S)N(CCCc2nn[nH]n2)C1=O. The Hall–Kier alpha value is -3.00. The summed E-state index contributed by atoms with van der Waals surface area (Å²) in [7, 11) is 3.82. The summed E-state index contributed by atoms with van der Waals surface area (Å²) < 4.78 is 46.5. The monoisotopic (exact) mass is 596 g/mol. The largest absolute Gasteiger partial charge is 0.492 e. The summed E-state index contributed by atoms with van der Waals surface area (Å²) in [4.78, 5) is 17.0. The number of hydrogen-bond donors (Lipinski definition) is 1. The number of tetrazole rings is 1. The van der Waals surface area contributed by atoms with Gasteiger partial charge in [-0.05, 0) is 62.5 Å². The van der Waals surface area contributed by atoms with Gasteiger partial charge in [-0.3, -0.25) is 9.69 Å². The number of benzene rings is 2. The van der Waals surface area contributed by atoms with E-state index >= 15 is 0 Å². The van der Waals surface area contributed by atoms with E-state index in [9.17, 15) is 18.0 Å². The second-order valence-electron chi connectivity index (χ2n) is 8.86. The maximum absolute atomic E-state index is 13.4. The van der Waals surface area contributed by atoms with Gasteiger partial charge in [-0.15, -0.1) is 10.2 Å². The minimum absolute atomic E-state index is 0.170. The van der Waals surface area contributed by atoms with Crippen molar-refractivity contribution < 1.29 is 22.7 Å². The molecular weight excluding hydrogens is 573 g/mol. The van der Waals surface area contributed by atoms with Crippen LogP contribution < -0.4 is 4.74 Å². The Morgan fingerprint density at radius 3 is 2.72 bits per heavy atom. The van der Waals surface area contributed by atoms with E-state index in [4.69, 9.17) is 28.6 Å². The van der Waals surface area contributed by atoms with E-state index in [1.165, 1.54) is 11.0 Å². The molecule has 0 unspecified atom stereocenters. The molecule has 1 fully saturated rings. The second-order valence-corrected chi connectivity index (χ2v) is 10.9. The highest BCUT2D eigenvalue weighted by Gasteiger charge is 2.33. The van der Waals surface area contributed by atoms with E-state index in [1.54, 1.807) is 24.3 Å². The second kappa shape index (κ2) is 12.5. The van der Waals surface area contributed by atoms with Crippen molar-refractivity contribution in [3.8, 4) is 16.9 Å². The van der Waals surface area contributed by atoms with Crippen LogP contribution in [-0.4, -0.2) is 74.4 Å². The Morgan fingerprint density at radius 2 is 2.03 bits per heavy atom. The van der Waals surface area contributed by atoms with Crippen LogP contribution in [0.2, 0.25) is 5.02 Å². The molecule has 1 amide bonds. The third-order valence-corrected chi connectivity index (χ3v) is 7.45. The highest BCUT2D eigenvalue weighted by Crippen LogP contribution is 2.39. The van der Waals surface area contributed by atoms with Gasteiger partial charge in [0.25, 0.3) is 5.91 Å². The summed E-state index contributed by atoms with van der Waals surface area (Å²) in [6.07, 6.45) is -1.76. The maximum atomic E-state index is 13.4. The number of nitrogens with zero attached hydrogens (tertiary/aromatic N) is 5. The fraction of sp³-hybridized carbons (Fsp3) is 0.320. The molecule has 1 aliphatic heterocycles. The summed E-state index contributed by atoms with van der Waals surface area (Å²) >= 11 is 12.9. The molecule has 2 heterocycles. The first-order chi connectivity index (χ1) is 18.5. The van der Waals surface area contributed by atoms with Crippen LogP contribution in [-0.2, 0) is 17.4 Å². The molecule has 1 aromatic heterocycles. The molecular formula is C25H24ClF3N6O2S2. The summed E-state index contributed by atoms with van der Waals surface area (Å²) in [5, 5.41) is 13.9. The molecule has 0 atom stereocenters. The lowest BCUT2D eigenvalue weighted by atomic mass is 9.99. The maximum Gasteiger partial charge on any atom is 0.416 e. The van der Waals surface area contributed by atoms with Gasteiger partial charge in [0.2, 0.25) is 0 Å². The standard InChI is InChI=1S/C25H24ClF3N6O2S2/c1-34(2)10-11-37-20-8-5-15(18-14-17(25(27,28)29)6-7-19(18)26)12-16(20)13-21-23(36)35(24(38)39-21)9-3-4-22-30-32-33-31-22/h5-8,12-14H,3-4,9-11H2,1-2H3,(H,30,31,32,33). The molecule has 1 N–H and O–H groups in total. The molecule has 1 saturated heterocycles. The first kappa shape index (κ1) is 29.0. The van der Waals surface area contributed by atoms with Gasteiger partial charge < -0.3 is 9.64 Å². The van der Waals surface area contributed by atoms with E-state index in [-0.39, 0.29) is 16.5 Å². The Bertz CT molecular complexity index is 1380. The molecule has 3 aromatic rings. The predicted molar refractivity (Wildman–Crippen MR) is 148 cm³/mol. The number of rotatable bonds is 10. The molecule has 8 nitrogen and oxygen atoms in total. The zero-order chi connectivity index (χ0) is 28.2. The number of nitrogens with one attached hydrogen (secondary N) is 1. The third kappa shape index (κ3) is 7.35. The Morgan fingerprint density at radius 1 is 1.23 bits per heavy atom. The number of carbonyl (C=O) groups excluding carboxylic acids is 1. The van der Waals surface area contributed by atoms with Crippen molar-refractivity contribution in [1.82, 2.24) is 30.4 Å². The number of alkyl halides is 3. The van der Waals surface area contributed by atoms with Gasteiger partial charge in [-0.2, -0.15) is 18.4 Å². The summed E-state index contributed by atoms with van der Waals surface area (Å²) in [5.41, 5.74) is 0.381. The lowest BCUT2D eigenvalue weighted by Gasteiger charge is -2.16. The van der Waals surface area contributed by atoms with Crippen LogP contribution in [0.3, 0.4) is 0 Å². The van der Waals surface area contributed by atoms with Gasteiger partial charge in [0.15, 0.2) is 5.82 Å². The molecule has 14 heteroatoms. The van der Waals surface area contributed by atoms with Crippen LogP contribution in [0.1, 0.15) is 23.4 Å². The summed E-state index contributed by atoms with van der Waals surface area (Å²) in [6, 6.07) is 8.15. The summed E-state index contributed by atoms with van der Waals surface area (Å²) in [6.45, 7) is 1.39. The number of amides is 1. The zero-order valence-electron chi connectivity index (χ0n) is 21.0. The van der Waals surface area contributed by atoms with Crippen LogP contribution in [0.5, 0.6) is 5.75 Å². The predicted octanol–water partition coefficient (Wildman–Crippen LogP) is 5.31. The van der Waals surface area contributed by atoms with Crippen LogP contribution in [0.15, 0.2) is 41.3 Å². The number of aryl methyl sites for hydroxylation is 1. The number of aromatic nitrogens is 4. The fourth-order valence-corrected chi connectivity index (χ4v) is 5.27. The van der Waals surface area contributed by atoms with Crippen molar-refractivity contribution in [2.24, 2.45) is 0 Å². The van der Waals surface area contributed by atoms with Crippen LogP contribution in [0.4, 0.5) is 13.2 Å². The number of thiocarbonyl (C=S) groups is 1. The van der Waals surface area contributed by atoms with E-state index in [2.05, 4.69) is 20.6 Å². The Labute approximate surface area is 237 Å². The van der Waals surface area contributed by atoms with E-state index in [0.717, 1.165) is 23.9 Å². The summed E-state index contributed by atoms with van der Waals surface area (Å²) in [5.74, 6) is 0.756. The van der Waals surface area contributed by atoms with Crippen LogP contribution in [0, 0.1) is 0 Å². The van der Waals surface area contributed by atoms with Gasteiger partial charge >= 0.3 is 6.18 Å². The normalized spacial score (nSPS) is 15.2. The highest BCUT2D eigenvalue weighted by atomic mass is 35.5. The van der Waals surface area contributed by atoms with Crippen molar-refractivity contribution in [2.45, 2.75) is 19.0 Å². The Balaban J connectivity index is 1.63. The Kier molecular flexibility index (Phi) is 9.26. The molecule has 1 aliphatic rings. The molecule has 2 aromatic carbocycles. The molecule has 206 valence electrons. The van der Waals surface area contributed by atoms with Crippen molar-refractivity contribution in [3.05, 3.63) is 63.3 Å². The van der Waals surface area contributed by atoms with Crippen LogP contribution >= 0.6 is 35.6 Å². The van der Waals surface area contributed by atoms with Crippen molar-refractivity contribution in [2.75, 3.05) is 33.8 Å². The zero-order valence-corrected chi connectivity index (χ0v) is 23.3. The van der Waals surface area contributed by atoms with Crippen molar-refractivity contribution in [1.29, 1.82) is 0 Å². The average Bonchev–Trinajstić information content (AvgIpc) is 3.48. The number of hydrogen-bond acceptors (Lipinski definition) is 8. The van der Waals surface area contributed by atoms with E-state index < -0.39 is 11.7 Å². The minimum Gasteiger partial charge on any atom is -0.492 e. The van der Waals surface area contributed by atoms with Gasteiger partial charge in [-0.1, -0.05) is 46.9 Å². The third-order valence-electron chi connectivity index (χ3n) is 5.74. The van der Waals surface area contributed by atoms with E-state index in [0.29, 0.717) is 64.5 Å². The number of aromatic amines is 1. The first-order valence-corrected chi connectivity index (χ1v) is 13.4. The molecule has 0 bridgehead atoms. The first-order valence-electron chi connectivity index (χ1n) is 11.8. The van der Waals surface area contributed by atoms with Gasteiger partial charge in [0.1, 0.15) is 16.7 Å². The lowest BCUT2D eigenvalue weighted by molar-refractivity contribution is -0.137. The number of thioether (sulfide) groups is 1. The minimum atomic E-state index is -4.52. The lowest BCUT2D eigenvalue weighted by Crippen LogP contribution is -2.29. The average molecular weight is 597 g/mol. The number of carbonyl (C=O) groups is 1. The molecule has 4 rings (SSSR count). The van der Waals surface area contributed by atoms with Gasteiger partial charge in [0.05, 0.1) is 10.5 Å². The van der Waals surface area contributed by atoms with Crippen molar-refractivity contribution >= 4 is 51.9 Å². The number of halogens is 4. The van der Waals surface area contributed by atoms with E-state index in [1.807, 2.05) is 19.0 Å². The molecule has 39 heavy (non-hydrogen) atoms. The number of ether oxygens (including phenoxy) is 1. The highest BCUT2D eigenvalue weighted by molar-refractivity contribution is 8.26. The molecule has 0 radical (unpaired) electrons. The molecule has 0 saturated carbocycles. The molecule has 0 spiro atoms. The van der Waals surface area contributed by atoms with Crippen LogP contribution in [0.25, 0.3) is 17.2 Å². The van der Waals surface area contributed by atoms with Gasteiger partial charge in [0, 0.05) is 35.7 Å². The molecule has 0 aliphatic carbocycles. The number of likely N-dealkylation sites (N-methyl/N-ethyl adjacent to an activating group) is 1. The quantitative estimate of drug-likeness (QED) is 0.249. The van der Waals surface area contributed by atoms with Gasteiger partial charge in [-0.25, -0.2) is 0 Å².